The molecule has 29 heavy (non-hydrogen) atoms. The minimum Gasteiger partial charge on any atom is -0.474 e. The standard InChI is InChI=1S/C22H28N6O/c1-16(2)29-22-20-11-18(5-6-21(20)24-14-25-22)27-9-7-26(8-10-27)13-19-12-23-15-28(19)17-3-4-17/h5-6,11-12,14-17H,3-4,7-10,13H2,1-2H3. The van der Waals surface area contributed by atoms with E-state index in [1.807, 2.05) is 26.4 Å². The first-order chi connectivity index (χ1) is 14.2. The van der Waals surface area contributed by atoms with Gasteiger partial charge in [-0.3, -0.25) is 4.90 Å². The van der Waals surface area contributed by atoms with E-state index in [1.54, 1.807) is 6.33 Å². The highest BCUT2D eigenvalue weighted by Gasteiger charge is 2.26. The van der Waals surface area contributed by atoms with Gasteiger partial charge >= 0.3 is 0 Å². The van der Waals surface area contributed by atoms with Gasteiger partial charge in [0.1, 0.15) is 6.33 Å². The fourth-order valence-electron chi connectivity index (χ4n) is 4.06. The molecule has 2 fully saturated rings. The number of aromatic nitrogens is 4. The van der Waals surface area contributed by atoms with Crippen molar-refractivity contribution >= 4 is 16.6 Å². The average Bonchev–Trinajstić information content (AvgIpc) is 3.47. The van der Waals surface area contributed by atoms with E-state index in [4.69, 9.17) is 4.74 Å². The molecule has 0 radical (unpaired) electrons. The van der Waals surface area contributed by atoms with E-state index >= 15 is 0 Å². The molecule has 1 saturated carbocycles. The smallest absolute Gasteiger partial charge is 0.224 e. The molecule has 3 aromatic rings. The van der Waals surface area contributed by atoms with Gasteiger partial charge in [0.2, 0.25) is 5.88 Å². The molecule has 2 aromatic heterocycles. The van der Waals surface area contributed by atoms with Gasteiger partial charge in [-0.2, -0.15) is 0 Å². The topological polar surface area (TPSA) is 59.3 Å². The number of hydrogen-bond donors (Lipinski definition) is 0. The number of rotatable bonds is 6. The zero-order valence-electron chi connectivity index (χ0n) is 17.2. The lowest BCUT2D eigenvalue weighted by atomic mass is 10.2. The lowest BCUT2D eigenvalue weighted by Gasteiger charge is -2.36. The zero-order chi connectivity index (χ0) is 19.8. The third-order valence-corrected chi connectivity index (χ3v) is 5.74. The predicted octanol–water partition coefficient (Wildman–Crippen LogP) is 3.27. The SMILES string of the molecule is CC(C)Oc1ncnc2ccc(N3CCN(Cc4cncn4C4CC4)CC3)cc12. The highest BCUT2D eigenvalue weighted by Crippen LogP contribution is 2.36. The van der Waals surface area contributed by atoms with Crippen LogP contribution in [0.5, 0.6) is 5.88 Å². The van der Waals surface area contributed by atoms with Gasteiger partial charge in [-0.05, 0) is 44.9 Å². The summed E-state index contributed by atoms with van der Waals surface area (Å²) in [5.41, 5.74) is 3.48. The minimum absolute atomic E-state index is 0.0874. The minimum atomic E-state index is 0.0874. The number of nitrogens with zero attached hydrogens (tertiary/aromatic N) is 6. The molecular formula is C22H28N6O. The first-order valence-electron chi connectivity index (χ1n) is 10.6. The van der Waals surface area contributed by atoms with E-state index in [2.05, 4.69) is 47.5 Å². The van der Waals surface area contributed by atoms with Crippen molar-refractivity contribution in [1.82, 2.24) is 24.4 Å². The summed E-state index contributed by atoms with van der Waals surface area (Å²) in [5.74, 6) is 0.666. The van der Waals surface area contributed by atoms with Crippen LogP contribution in [0.25, 0.3) is 10.9 Å². The maximum absolute atomic E-state index is 5.90. The second kappa shape index (κ2) is 7.63. The third kappa shape index (κ3) is 3.92. The summed E-state index contributed by atoms with van der Waals surface area (Å²) in [4.78, 5) is 18.1. The van der Waals surface area contributed by atoms with Crippen molar-refractivity contribution in [3.63, 3.8) is 0 Å². The summed E-state index contributed by atoms with van der Waals surface area (Å²) in [5, 5.41) is 0.981. The summed E-state index contributed by atoms with van der Waals surface area (Å²) in [7, 11) is 0. The molecular weight excluding hydrogens is 364 g/mol. The number of imidazole rings is 1. The Morgan fingerprint density at radius 3 is 2.69 bits per heavy atom. The lowest BCUT2D eigenvalue weighted by Crippen LogP contribution is -2.46. The van der Waals surface area contributed by atoms with Gasteiger partial charge in [-0.15, -0.1) is 0 Å². The summed E-state index contributed by atoms with van der Waals surface area (Å²) in [6.07, 6.45) is 8.28. The van der Waals surface area contributed by atoms with Crippen molar-refractivity contribution in [2.75, 3.05) is 31.1 Å². The Hall–Kier alpha value is -2.67. The monoisotopic (exact) mass is 392 g/mol. The van der Waals surface area contributed by atoms with Gasteiger partial charge in [-0.1, -0.05) is 0 Å². The number of hydrogen-bond acceptors (Lipinski definition) is 6. The first kappa shape index (κ1) is 18.4. The van der Waals surface area contributed by atoms with Gasteiger partial charge in [0.25, 0.3) is 0 Å². The van der Waals surface area contributed by atoms with E-state index in [-0.39, 0.29) is 6.10 Å². The number of ether oxygens (including phenoxy) is 1. The Morgan fingerprint density at radius 1 is 1.10 bits per heavy atom. The second-order valence-corrected chi connectivity index (χ2v) is 8.33. The highest BCUT2D eigenvalue weighted by molar-refractivity contribution is 5.86. The molecule has 5 rings (SSSR count). The molecule has 0 unspecified atom stereocenters. The van der Waals surface area contributed by atoms with Gasteiger partial charge in [0.15, 0.2) is 0 Å². The number of anilines is 1. The molecule has 0 spiro atoms. The summed E-state index contributed by atoms with van der Waals surface area (Å²) < 4.78 is 8.26. The Bertz CT molecular complexity index is 988. The Balaban J connectivity index is 1.27. The molecule has 0 amide bonds. The number of piperazine rings is 1. The van der Waals surface area contributed by atoms with E-state index in [0.717, 1.165) is 43.6 Å². The van der Waals surface area contributed by atoms with Crippen LogP contribution >= 0.6 is 0 Å². The lowest BCUT2D eigenvalue weighted by molar-refractivity contribution is 0.235. The van der Waals surface area contributed by atoms with Crippen LogP contribution in [-0.2, 0) is 6.54 Å². The normalized spacial score (nSPS) is 18.0. The van der Waals surface area contributed by atoms with E-state index in [0.29, 0.717) is 11.9 Å². The molecule has 1 aliphatic carbocycles. The van der Waals surface area contributed by atoms with Gasteiger partial charge in [-0.25, -0.2) is 15.0 Å². The first-order valence-corrected chi connectivity index (χ1v) is 10.6. The van der Waals surface area contributed by atoms with Crippen LogP contribution < -0.4 is 9.64 Å². The molecule has 1 aliphatic heterocycles. The fourth-order valence-corrected chi connectivity index (χ4v) is 4.06. The van der Waals surface area contributed by atoms with Gasteiger partial charge in [0.05, 0.1) is 29.0 Å². The molecule has 0 atom stereocenters. The van der Waals surface area contributed by atoms with Gasteiger partial charge in [0, 0.05) is 50.6 Å². The largest absolute Gasteiger partial charge is 0.474 e. The predicted molar refractivity (Wildman–Crippen MR) is 113 cm³/mol. The Morgan fingerprint density at radius 2 is 1.93 bits per heavy atom. The van der Waals surface area contributed by atoms with Crippen LogP contribution in [0.4, 0.5) is 5.69 Å². The Kier molecular flexibility index (Phi) is 4.83. The molecule has 1 aromatic carbocycles. The molecule has 152 valence electrons. The van der Waals surface area contributed by atoms with Crippen molar-refractivity contribution in [3.8, 4) is 5.88 Å². The van der Waals surface area contributed by atoms with Crippen molar-refractivity contribution < 1.29 is 4.74 Å². The van der Waals surface area contributed by atoms with E-state index in [9.17, 15) is 0 Å². The van der Waals surface area contributed by atoms with Crippen LogP contribution in [0, 0.1) is 0 Å². The molecule has 1 saturated heterocycles. The van der Waals surface area contributed by atoms with Crippen molar-refractivity contribution in [2.45, 2.75) is 45.4 Å². The number of benzene rings is 1. The second-order valence-electron chi connectivity index (χ2n) is 8.33. The van der Waals surface area contributed by atoms with E-state index < -0.39 is 0 Å². The summed E-state index contributed by atoms with van der Waals surface area (Å²) in [6, 6.07) is 7.09. The highest BCUT2D eigenvalue weighted by atomic mass is 16.5. The molecule has 2 aliphatic rings. The number of fused-ring (bicyclic) bond motifs is 1. The van der Waals surface area contributed by atoms with Crippen LogP contribution in [0.1, 0.15) is 38.4 Å². The summed E-state index contributed by atoms with van der Waals surface area (Å²) >= 11 is 0. The maximum atomic E-state index is 5.90. The zero-order valence-corrected chi connectivity index (χ0v) is 17.2. The quantitative estimate of drug-likeness (QED) is 0.642. The third-order valence-electron chi connectivity index (χ3n) is 5.74. The van der Waals surface area contributed by atoms with Crippen LogP contribution in [-0.4, -0.2) is 56.7 Å². The molecule has 7 heteroatoms. The van der Waals surface area contributed by atoms with Crippen LogP contribution in [0.15, 0.2) is 37.1 Å². The van der Waals surface area contributed by atoms with Crippen molar-refractivity contribution in [1.29, 1.82) is 0 Å². The maximum Gasteiger partial charge on any atom is 0.224 e. The van der Waals surface area contributed by atoms with Crippen molar-refractivity contribution in [3.05, 3.63) is 42.7 Å². The van der Waals surface area contributed by atoms with Crippen LogP contribution in [0.2, 0.25) is 0 Å². The van der Waals surface area contributed by atoms with Crippen molar-refractivity contribution in [2.24, 2.45) is 0 Å². The molecule has 0 N–H and O–H groups in total. The van der Waals surface area contributed by atoms with Gasteiger partial charge < -0.3 is 14.2 Å². The summed E-state index contributed by atoms with van der Waals surface area (Å²) in [6.45, 7) is 9.15. The molecule has 3 heterocycles. The fraction of sp³-hybridized carbons (Fsp3) is 0.500. The Labute approximate surface area is 171 Å². The van der Waals surface area contributed by atoms with Crippen LogP contribution in [0.3, 0.4) is 0 Å². The molecule has 7 nitrogen and oxygen atoms in total. The molecule has 0 bridgehead atoms. The van der Waals surface area contributed by atoms with E-state index in [1.165, 1.54) is 24.2 Å². The average molecular weight is 393 g/mol.